The average Bonchev–Trinajstić information content (AvgIpc) is 2.70. The fourth-order valence-corrected chi connectivity index (χ4v) is 2.33. The predicted octanol–water partition coefficient (Wildman–Crippen LogP) is 1.53. The van der Waals surface area contributed by atoms with Gasteiger partial charge in [-0.2, -0.15) is 0 Å². The predicted molar refractivity (Wildman–Crippen MR) is 69.0 cm³/mol. The lowest BCUT2D eigenvalue weighted by atomic mass is 10.1. The zero-order valence-electron chi connectivity index (χ0n) is 9.68. The van der Waals surface area contributed by atoms with Crippen LogP contribution in [0.25, 0.3) is 22.4 Å². The Morgan fingerprint density at radius 2 is 1.63 bits per heavy atom. The summed E-state index contributed by atoms with van der Waals surface area (Å²) < 4.78 is 0. The maximum absolute atomic E-state index is 12.2. The Hall–Kier alpha value is -2.82. The lowest BCUT2D eigenvalue weighted by Gasteiger charge is -2.00. The smallest absolute Gasteiger partial charge is 0.249 e. The molecule has 19 heavy (non-hydrogen) atoms. The number of benzene rings is 1. The van der Waals surface area contributed by atoms with Gasteiger partial charge in [-0.3, -0.25) is 9.59 Å². The Labute approximate surface area is 107 Å². The van der Waals surface area contributed by atoms with E-state index in [4.69, 9.17) is 0 Å². The van der Waals surface area contributed by atoms with Crippen LogP contribution in [0.2, 0.25) is 0 Å². The van der Waals surface area contributed by atoms with Gasteiger partial charge in [0.1, 0.15) is 16.9 Å². The molecular weight excluding hydrogens is 242 g/mol. The first-order chi connectivity index (χ1) is 9.24. The zero-order chi connectivity index (χ0) is 13.0. The highest BCUT2D eigenvalue weighted by Crippen LogP contribution is 2.34. The van der Waals surface area contributed by atoms with Crippen molar-refractivity contribution >= 4 is 16.9 Å². The Morgan fingerprint density at radius 3 is 2.47 bits per heavy atom. The van der Waals surface area contributed by atoms with E-state index in [1.165, 1.54) is 6.07 Å². The minimum atomic E-state index is -0.237. The fraction of sp³-hybridized carbons (Fsp3) is 0. The molecule has 0 unspecified atom stereocenters. The summed E-state index contributed by atoms with van der Waals surface area (Å²) in [7, 11) is 0. The quantitative estimate of drug-likeness (QED) is 0.512. The maximum atomic E-state index is 12.2. The van der Waals surface area contributed by atoms with Crippen LogP contribution in [-0.2, 0) is 0 Å². The number of carbonyl (C=O) groups is 1. The van der Waals surface area contributed by atoms with E-state index in [-0.39, 0.29) is 11.3 Å². The SMILES string of the molecule is O=C1c2ccccc2-c2nc3[nH]c(=O)ccc3nc21. The molecule has 5 heteroatoms. The number of aromatic amines is 1. The van der Waals surface area contributed by atoms with E-state index >= 15 is 0 Å². The van der Waals surface area contributed by atoms with Gasteiger partial charge in [0.15, 0.2) is 5.65 Å². The fourth-order valence-electron chi connectivity index (χ4n) is 2.33. The van der Waals surface area contributed by atoms with E-state index in [2.05, 4.69) is 15.0 Å². The van der Waals surface area contributed by atoms with Gasteiger partial charge in [0.05, 0.1) is 0 Å². The number of pyridine rings is 1. The number of aromatic nitrogens is 3. The molecule has 0 radical (unpaired) electrons. The van der Waals surface area contributed by atoms with E-state index in [0.29, 0.717) is 28.1 Å². The van der Waals surface area contributed by atoms with Crippen molar-refractivity contribution in [2.24, 2.45) is 0 Å². The van der Waals surface area contributed by atoms with Gasteiger partial charge in [0.25, 0.3) is 0 Å². The first-order valence-corrected chi connectivity index (χ1v) is 5.79. The second-order valence-corrected chi connectivity index (χ2v) is 4.35. The van der Waals surface area contributed by atoms with E-state index in [1.54, 1.807) is 12.1 Å². The van der Waals surface area contributed by atoms with Crippen LogP contribution in [0.1, 0.15) is 16.1 Å². The third-order valence-electron chi connectivity index (χ3n) is 3.20. The third kappa shape index (κ3) is 1.29. The van der Waals surface area contributed by atoms with Crippen molar-refractivity contribution in [3.05, 3.63) is 58.0 Å². The van der Waals surface area contributed by atoms with Crippen molar-refractivity contribution in [3.8, 4) is 11.3 Å². The van der Waals surface area contributed by atoms with Crippen LogP contribution in [0.15, 0.2) is 41.2 Å². The van der Waals surface area contributed by atoms with Crippen molar-refractivity contribution in [1.82, 2.24) is 15.0 Å². The molecule has 2 aromatic heterocycles. The van der Waals surface area contributed by atoms with Crippen molar-refractivity contribution in [2.45, 2.75) is 0 Å². The van der Waals surface area contributed by atoms with Crippen LogP contribution >= 0.6 is 0 Å². The number of rotatable bonds is 0. The van der Waals surface area contributed by atoms with E-state index < -0.39 is 0 Å². The van der Waals surface area contributed by atoms with Crippen LogP contribution in [-0.4, -0.2) is 20.7 Å². The van der Waals surface area contributed by atoms with E-state index in [9.17, 15) is 9.59 Å². The molecule has 0 spiro atoms. The largest absolute Gasteiger partial charge is 0.305 e. The second-order valence-electron chi connectivity index (χ2n) is 4.35. The lowest BCUT2D eigenvalue weighted by Crippen LogP contribution is -2.07. The van der Waals surface area contributed by atoms with Crippen molar-refractivity contribution in [2.75, 3.05) is 0 Å². The molecule has 1 aromatic carbocycles. The number of carbonyl (C=O) groups excluding carboxylic acids is 1. The van der Waals surface area contributed by atoms with Crippen molar-refractivity contribution < 1.29 is 4.79 Å². The van der Waals surface area contributed by atoms with Crippen LogP contribution in [0, 0.1) is 0 Å². The molecule has 1 aliphatic rings. The van der Waals surface area contributed by atoms with Gasteiger partial charge in [-0.05, 0) is 6.07 Å². The summed E-state index contributed by atoms with van der Waals surface area (Å²) in [5.41, 5.74) is 2.93. The average molecular weight is 249 g/mol. The van der Waals surface area contributed by atoms with Crippen LogP contribution in [0.5, 0.6) is 0 Å². The van der Waals surface area contributed by atoms with Gasteiger partial charge in [-0.25, -0.2) is 9.97 Å². The molecule has 4 rings (SSSR count). The highest BCUT2D eigenvalue weighted by Gasteiger charge is 2.29. The zero-order valence-corrected chi connectivity index (χ0v) is 9.68. The third-order valence-corrected chi connectivity index (χ3v) is 3.20. The topological polar surface area (TPSA) is 75.7 Å². The minimum Gasteiger partial charge on any atom is -0.305 e. The summed E-state index contributed by atoms with van der Waals surface area (Å²) in [4.78, 5) is 34.8. The Balaban J connectivity index is 2.14. The molecule has 0 atom stereocenters. The number of H-pyrrole nitrogens is 1. The molecule has 2 heterocycles. The molecule has 0 fully saturated rings. The van der Waals surface area contributed by atoms with Crippen LogP contribution < -0.4 is 5.56 Å². The molecule has 90 valence electrons. The van der Waals surface area contributed by atoms with Gasteiger partial charge < -0.3 is 4.98 Å². The normalized spacial score (nSPS) is 12.5. The van der Waals surface area contributed by atoms with Gasteiger partial charge in [-0.15, -0.1) is 0 Å². The lowest BCUT2D eigenvalue weighted by molar-refractivity contribution is 0.103. The van der Waals surface area contributed by atoms with Crippen molar-refractivity contribution in [3.63, 3.8) is 0 Å². The maximum Gasteiger partial charge on any atom is 0.249 e. The van der Waals surface area contributed by atoms with Gasteiger partial charge >= 0.3 is 0 Å². The first kappa shape index (κ1) is 10.1. The molecule has 3 aromatic rings. The van der Waals surface area contributed by atoms with E-state index in [1.807, 2.05) is 18.2 Å². The standard InChI is InChI=1S/C14H7N3O2/c18-10-6-5-9-14(16-10)17-11-7-3-1-2-4-8(7)13(19)12(11)15-9/h1-6H,(H,16,17,18). The number of nitrogens with zero attached hydrogens (tertiary/aromatic N) is 2. The number of hydrogen-bond acceptors (Lipinski definition) is 4. The minimum absolute atomic E-state index is 0.119. The number of nitrogens with one attached hydrogen (secondary N) is 1. The Morgan fingerprint density at radius 1 is 0.842 bits per heavy atom. The molecule has 0 aliphatic heterocycles. The van der Waals surface area contributed by atoms with E-state index in [0.717, 1.165) is 5.56 Å². The molecule has 0 saturated heterocycles. The summed E-state index contributed by atoms with van der Waals surface area (Å²) in [6.45, 7) is 0. The summed E-state index contributed by atoms with van der Waals surface area (Å²) in [5.74, 6) is -0.119. The molecular formula is C14H7N3O2. The summed E-state index contributed by atoms with van der Waals surface area (Å²) in [6, 6.07) is 10.2. The molecule has 5 nitrogen and oxygen atoms in total. The monoisotopic (exact) mass is 249 g/mol. The van der Waals surface area contributed by atoms with Gasteiger partial charge in [-0.1, -0.05) is 24.3 Å². The number of fused-ring (bicyclic) bond motifs is 4. The van der Waals surface area contributed by atoms with Crippen molar-refractivity contribution in [1.29, 1.82) is 0 Å². The first-order valence-electron chi connectivity index (χ1n) is 5.79. The molecule has 1 aliphatic carbocycles. The summed E-state index contributed by atoms with van der Waals surface area (Å²) in [5, 5.41) is 0. The molecule has 0 saturated carbocycles. The Bertz CT molecular complexity index is 912. The summed E-state index contributed by atoms with van der Waals surface area (Å²) in [6.07, 6.45) is 0. The van der Waals surface area contributed by atoms with Crippen LogP contribution in [0.4, 0.5) is 0 Å². The van der Waals surface area contributed by atoms with Gasteiger partial charge in [0.2, 0.25) is 11.3 Å². The number of ketones is 1. The summed E-state index contributed by atoms with van der Waals surface area (Å²) >= 11 is 0. The molecule has 1 N–H and O–H groups in total. The van der Waals surface area contributed by atoms with Gasteiger partial charge in [0, 0.05) is 17.2 Å². The Kier molecular flexibility index (Phi) is 1.79. The number of hydrogen-bond donors (Lipinski definition) is 1. The molecule has 0 bridgehead atoms. The highest BCUT2D eigenvalue weighted by molar-refractivity contribution is 6.20. The van der Waals surface area contributed by atoms with Crippen LogP contribution in [0.3, 0.4) is 0 Å². The second kappa shape index (κ2) is 3.35. The highest BCUT2D eigenvalue weighted by atomic mass is 16.1. The molecule has 0 amide bonds.